The fourth-order valence-corrected chi connectivity index (χ4v) is 1.48. The topological polar surface area (TPSA) is 17.1 Å². The van der Waals surface area contributed by atoms with E-state index in [0.29, 0.717) is 16.5 Å². The standard InChI is InChI=1S/C12H14Cl2O/c1-8-6-9(4-5-10(8)14)11(15)12(2,3)7-13/h4-6H,7H2,1-3H3. The first-order valence-electron chi connectivity index (χ1n) is 4.75. The SMILES string of the molecule is Cc1cc(C(=O)C(C)(C)CCl)ccc1Cl. The molecule has 1 nitrogen and oxygen atoms in total. The Bertz CT molecular complexity index is 383. The van der Waals surface area contributed by atoms with Crippen LogP contribution < -0.4 is 0 Å². The molecule has 0 aliphatic rings. The summed E-state index contributed by atoms with van der Waals surface area (Å²) in [5.41, 5.74) is 1.05. The van der Waals surface area contributed by atoms with Crippen LogP contribution in [0.3, 0.4) is 0 Å². The van der Waals surface area contributed by atoms with Crippen LogP contribution in [0.2, 0.25) is 5.02 Å². The van der Waals surface area contributed by atoms with Gasteiger partial charge in [0, 0.05) is 21.9 Å². The zero-order valence-electron chi connectivity index (χ0n) is 9.10. The van der Waals surface area contributed by atoms with Crippen LogP contribution in [0.25, 0.3) is 0 Å². The molecule has 1 aromatic carbocycles. The Morgan fingerprint density at radius 1 is 1.40 bits per heavy atom. The zero-order valence-corrected chi connectivity index (χ0v) is 10.6. The molecule has 0 amide bonds. The van der Waals surface area contributed by atoms with Gasteiger partial charge < -0.3 is 0 Å². The summed E-state index contributed by atoms with van der Waals surface area (Å²) in [6, 6.07) is 5.29. The number of hydrogen-bond acceptors (Lipinski definition) is 1. The smallest absolute Gasteiger partial charge is 0.169 e. The molecule has 0 atom stereocenters. The van der Waals surface area contributed by atoms with Crippen LogP contribution in [0.4, 0.5) is 0 Å². The summed E-state index contributed by atoms with van der Waals surface area (Å²) in [4.78, 5) is 12.0. The summed E-state index contributed by atoms with van der Waals surface area (Å²) >= 11 is 11.7. The fraction of sp³-hybridized carbons (Fsp3) is 0.417. The third-order valence-corrected chi connectivity index (χ3v) is 3.46. The summed E-state index contributed by atoms with van der Waals surface area (Å²) in [5.74, 6) is 0.366. The largest absolute Gasteiger partial charge is 0.294 e. The number of halogens is 2. The van der Waals surface area contributed by atoms with E-state index in [2.05, 4.69) is 0 Å². The maximum atomic E-state index is 12.0. The zero-order chi connectivity index (χ0) is 11.6. The van der Waals surface area contributed by atoms with Crippen LogP contribution in [0, 0.1) is 12.3 Å². The van der Waals surface area contributed by atoms with Crippen molar-refractivity contribution in [1.29, 1.82) is 0 Å². The van der Waals surface area contributed by atoms with Crippen molar-refractivity contribution in [3.05, 3.63) is 34.3 Å². The summed E-state index contributed by atoms with van der Waals surface area (Å²) in [5, 5.41) is 0.676. The third-order valence-electron chi connectivity index (χ3n) is 2.37. The fourth-order valence-electron chi connectivity index (χ4n) is 1.24. The number of carbonyl (C=O) groups excluding carboxylic acids is 1. The molecule has 0 heterocycles. The highest BCUT2D eigenvalue weighted by molar-refractivity contribution is 6.31. The molecule has 1 rings (SSSR count). The van der Waals surface area contributed by atoms with Crippen LogP contribution in [-0.2, 0) is 0 Å². The first kappa shape index (κ1) is 12.5. The van der Waals surface area contributed by atoms with E-state index in [0.717, 1.165) is 5.56 Å². The van der Waals surface area contributed by atoms with Crippen LogP contribution in [0.15, 0.2) is 18.2 Å². The second kappa shape index (κ2) is 4.54. The molecule has 0 radical (unpaired) electrons. The molecule has 0 bridgehead atoms. The number of aryl methyl sites for hydroxylation is 1. The number of Topliss-reactive ketones (excluding diaryl/α,β-unsaturated/α-hetero) is 1. The molecule has 0 aromatic heterocycles. The maximum absolute atomic E-state index is 12.0. The molecule has 1 aromatic rings. The number of carbonyl (C=O) groups is 1. The number of rotatable bonds is 3. The second-order valence-corrected chi connectivity index (χ2v) is 4.99. The highest BCUT2D eigenvalue weighted by atomic mass is 35.5. The first-order chi connectivity index (χ1) is 6.88. The molecule has 0 fully saturated rings. The minimum Gasteiger partial charge on any atom is -0.294 e. The lowest BCUT2D eigenvalue weighted by Crippen LogP contribution is -2.26. The Morgan fingerprint density at radius 2 is 2.00 bits per heavy atom. The second-order valence-electron chi connectivity index (χ2n) is 4.31. The van der Waals surface area contributed by atoms with Crippen molar-refractivity contribution < 1.29 is 4.79 Å². The van der Waals surface area contributed by atoms with Crippen molar-refractivity contribution in [3.8, 4) is 0 Å². The Balaban J connectivity index is 3.08. The molecule has 15 heavy (non-hydrogen) atoms. The molecule has 0 saturated heterocycles. The average molecular weight is 245 g/mol. The Hall–Kier alpha value is -0.530. The molecule has 0 aliphatic carbocycles. The van der Waals surface area contributed by atoms with Crippen LogP contribution in [0.5, 0.6) is 0 Å². The predicted molar refractivity (Wildman–Crippen MR) is 65.0 cm³/mol. The third kappa shape index (κ3) is 2.73. The molecule has 0 N–H and O–H groups in total. The lowest BCUT2D eigenvalue weighted by atomic mass is 9.86. The molecule has 82 valence electrons. The normalized spacial score (nSPS) is 11.5. The predicted octanol–water partition coefficient (Wildman–Crippen LogP) is 4.10. The minimum atomic E-state index is -0.526. The lowest BCUT2D eigenvalue weighted by Gasteiger charge is -2.19. The van der Waals surface area contributed by atoms with Gasteiger partial charge in [-0.25, -0.2) is 0 Å². The van der Waals surface area contributed by atoms with Crippen molar-refractivity contribution >= 4 is 29.0 Å². The van der Waals surface area contributed by atoms with E-state index in [1.54, 1.807) is 18.2 Å². The van der Waals surface area contributed by atoms with E-state index in [1.165, 1.54) is 0 Å². The van der Waals surface area contributed by atoms with Gasteiger partial charge in [-0.1, -0.05) is 25.4 Å². The summed E-state index contributed by atoms with van der Waals surface area (Å²) in [6.07, 6.45) is 0. The number of alkyl halides is 1. The van der Waals surface area contributed by atoms with Crippen LogP contribution in [-0.4, -0.2) is 11.7 Å². The van der Waals surface area contributed by atoms with Gasteiger partial charge in [0.1, 0.15) is 0 Å². The Labute approximate surface area is 100 Å². The van der Waals surface area contributed by atoms with Crippen molar-refractivity contribution in [2.24, 2.45) is 5.41 Å². The molecule has 0 spiro atoms. The van der Waals surface area contributed by atoms with Gasteiger partial charge in [-0.3, -0.25) is 4.79 Å². The van der Waals surface area contributed by atoms with Gasteiger partial charge in [0.15, 0.2) is 5.78 Å². The first-order valence-corrected chi connectivity index (χ1v) is 5.66. The molecule has 0 unspecified atom stereocenters. The Kier molecular flexibility index (Phi) is 3.80. The van der Waals surface area contributed by atoms with Gasteiger partial charge in [-0.15, -0.1) is 11.6 Å². The molecule has 3 heteroatoms. The van der Waals surface area contributed by atoms with Gasteiger partial charge in [0.25, 0.3) is 0 Å². The van der Waals surface area contributed by atoms with Crippen molar-refractivity contribution in [2.45, 2.75) is 20.8 Å². The summed E-state index contributed by atoms with van der Waals surface area (Å²) in [6.45, 7) is 5.56. The van der Waals surface area contributed by atoms with Crippen molar-refractivity contribution in [2.75, 3.05) is 5.88 Å². The number of ketones is 1. The number of benzene rings is 1. The van der Waals surface area contributed by atoms with E-state index < -0.39 is 5.41 Å². The van der Waals surface area contributed by atoms with Crippen LogP contribution >= 0.6 is 23.2 Å². The molecular weight excluding hydrogens is 231 g/mol. The van der Waals surface area contributed by atoms with Gasteiger partial charge in [-0.2, -0.15) is 0 Å². The minimum absolute atomic E-state index is 0.0530. The van der Waals surface area contributed by atoms with Crippen molar-refractivity contribution in [3.63, 3.8) is 0 Å². The lowest BCUT2D eigenvalue weighted by molar-refractivity contribution is 0.0862. The van der Waals surface area contributed by atoms with Gasteiger partial charge in [0.05, 0.1) is 0 Å². The van der Waals surface area contributed by atoms with E-state index in [-0.39, 0.29) is 5.78 Å². The van der Waals surface area contributed by atoms with Gasteiger partial charge in [-0.05, 0) is 30.7 Å². The molecular formula is C12H14Cl2O. The van der Waals surface area contributed by atoms with Gasteiger partial charge in [0.2, 0.25) is 0 Å². The molecule has 0 aliphatic heterocycles. The van der Waals surface area contributed by atoms with E-state index in [9.17, 15) is 4.79 Å². The Morgan fingerprint density at radius 3 is 2.47 bits per heavy atom. The summed E-state index contributed by atoms with van der Waals surface area (Å²) < 4.78 is 0. The van der Waals surface area contributed by atoms with Gasteiger partial charge >= 0.3 is 0 Å². The highest BCUT2D eigenvalue weighted by Gasteiger charge is 2.27. The van der Waals surface area contributed by atoms with Crippen LogP contribution in [0.1, 0.15) is 29.8 Å². The number of hydrogen-bond donors (Lipinski definition) is 0. The maximum Gasteiger partial charge on any atom is 0.169 e. The van der Waals surface area contributed by atoms with E-state index in [1.807, 2.05) is 20.8 Å². The monoisotopic (exact) mass is 244 g/mol. The van der Waals surface area contributed by atoms with Crippen molar-refractivity contribution in [1.82, 2.24) is 0 Å². The summed E-state index contributed by atoms with van der Waals surface area (Å²) in [7, 11) is 0. The molecule has 0 saturated carbocycles. The van der Waals surface area contributed by atoms with E-state index in [4.69, 9.17) is 23.2 Å². The highest BCUT2D eigenvalue weighted by Crippen LogP contribution is 2.25. The quantitative estimate of drug-likeness (QED) is 0.578. The average Bonchev–Trinajstić information content (AvgIpc) is 2.21. The van der Waals surface area contributed by atoms with E-state index >= 15 is 0 Å².